The summed E-state index contributed by atoms with van der Waals surface area (Å²) < 4.78 is 1.78. The number of carbonyl (C=O) groups is 2. The summed E-state index contributed by atoms with van der Waals surface area (Å²) in [5.74, 6) is -1.30. The van der Waals surface area contributed by atoms with Gasteiger partial charge in [0.1, 0.15) is 0 Å². The van der Waals surface area contributed by atoms with Gasteiger partial charge in [0.05, 0.1) is 12.1 Å². The highest BCUT2D eigenvalue weighted by molar-refractivity contribution is 7.15. The second kappa shape index (κ2) is 6.73. The number of nitrogens with zero attached hydrogens (tertiary/aromatic N) is 2. The zero-order valence-electron chi connectivity index (χ0n) is 11.2. The maximum atomic E-state index is 11.8. The van der Waals surface area contributed by atoms with Gasteiger partial charge in [0, 0.05) is 23.7 Å². The number of aromatic nitrogens is 2. The molecule has 0 aliphatic heterocycles. The van der Waals surface area contributed by atoms with Crippen LogP contribution in [-0.2, 0) is 9.59 Å². The molecule has 0 spiro atoms. The number of aliphatic carboxylic acids is 1. The van der Waals surface area contributed by atoms with Gasteiger partial charge in [-0.1, -0.05) is 18.5 Å². The quantitative estimate of drug-likeness (QED) is 0.798. The number of halogens is 1. The molecule has 0 saturated heterocycles. The Kier molecular flexibility index (Phi) is 4.98. The summed E-state index contributed by atoms with van der Waals surface area (Å²) in [6.07, 6.45) is 5.16. The van der Waals surface area contributed by atoms with Gasteiger partial charge in [-0.05, 0) is 12.5 Å². The highest BCUT2D eigenvalue weighted by atomic mass is 35.5. The van der Waals surface area contributed by atoms with Crippen LogP contribution in [0.5, 0.6) is 0 Å². The summed E-state index contributed by atoms with van der Waals surface area (Å²) in [5, 5.41) is 13.6. The highest BCUT2D eigenvalue weighted by Crippen LogP contribution is 2.22. The topological polar surface area (TPSA) is 83.7 Å². The predicted octanol–water partition coefficient (Wildman–Crippen LogP) is 2.43. The largest absolute Gasteiger partial charge is 0.481 e. The molecule has 2 heterocycles. The van der Waals surface area contributed by atoms with Gasteiger partial charge in [-0.25, -0.2) is 4.98 Å². The number of hydrogen-bond acceptors (Lipinski definition) is 4. The Morgan fingerprint density at radius 3 is 3.05 bits per heavy atom. The van der Waals surface area contributed by atoms with Gasteiger partial charge in [0.2, 0.25) is 5.91 Å². The van der Waals surface area contributed by atoms with E-state index in [0.717, 1.165) is 4.96 Å². The Hall–Kier alpha value is -1.86. The van der Waals surface area contributed by atoms with Crippen molar-refractivity contribution in [1.82, 2.24) is 14.7 Å². The Bertz CT molecular complexity index is 692. The minimum Gasteiger partial charge on any atom is -0.481 e. The maximum absolute atomic E-state index is 11.8. The summed E-state index contributed by atoms with van der Waals surface area (Å²) in [7, 11) is 0. The monoisotopic (exact) mass is 327 g/mol. The Balaban J connectivity index is 2.06. The molecule has 112 valence electrons. The molecule has 2 aromatic rings. The third-order valence-electron chi connectivity index (χ3n) is 2.91. The van der Waals surface area contributed by atoms with Crippen molar-refractivity contribution in [1.29, 1.82) is 0 Å². The first-order valence-electron chi connectivity index (χ1n) is 6.32. The van der Waals surface area contributed by atoms with Crippen molar-refractivity contribution < 1.29 is 14.7 Å². The summed E-state index contributed by atoms with van der Waals surface area (Å²) >= 11 is 7.45. The lowest BCUT2D eigenvalue weighted by molar-refractivity contribution is -0.137. The Morgan fingerprint density at radius 1 is 1.62 bits per heavy atom. The van der Waals surface area contributed by atoms with Crippen molar-refractivity contribution in [3.63, 3.8) is 0 Å². The molecule has 0 fully saturated rings. The number of carboxylic acids is 1. The van der Waals surface area contributed by atoms with E-state index in [1.54, 1.807) is 10.5 Å². The molecule has 21 heavy (non-hydrogen) atoms. The SMILES string of the molecule is CCC(CC(=O)O)NC(=O)/C=C/c1c(Cl)nc2sccn12. The van der Waals surface area contributed by atoms with Gasteiger partial charge >= 0.3 is 5.97 Å². The molecule has 8 heteroatoms. The molecule has 2 N–H and O–H groups in total. The fourth-order valence-corrected chi connectivity index (χ4v) is 2.84. The van der Waals surface area contributed by atoms with Crippen molar-refractivity contribution in [2.75, 3.05) is 0 Å². The van der Waals surface area contributed by atoms with Gasteiger partial charge in [-0.3, -0.25) is 14.0 Å². The number of rotatable bonds is 6. The molecule has 2 aromatic heterocycles. The summed E-state index contributed by atoms with van der Waals surface area (Å²) in [4.78, 5) is 27.4. The van der Waals surface area contributed by atoms with E-state index in [2.05, 4.69) is 10.3 Å². The summed E-state index contributed by atoms with van der Waals surface area (Å²) in [6, 6.07) is -0.387. The van der Waals surface area contributed by atoms with Crippen LogP contribution in [0, 0.1) is 0 Å². The average molecular weight is 328 g/mol. The molecule has 0 bridgehead atoms. The van der Waals surface area contributed by atoms with Gasteiger partial charge < -0.3 is 10.4 Å². The van der Waals surface area contributed by atoms with Crippen LogP contribution in [-0.4, -0.2) is 32.4 Å². The number of carboxylic acid groups (broad SMARTS) is 1. The van der Waals surface area contributed by atoms with Crippen molar-refractivity contribution in [2.24, 2.45) is 0 Å². The smallest absolute Gasteiger partial charge is 0.305 e. The van der Waals surface area contributed by atoms with E-state index in [1.165, 1.54) is 17.4 Å². The molecular weight excluding hydrogens is 314 g/mol. The first kappa shape index (κ1) is 15.5. The molecule has 1 unspecified atom stereocenters. The lowest BCUT2D eigenvalue weighted by Gasteiger charge is -2.12. The van der Waals surface area contributed by atoms with Crippen LogP contribution in [0.4, 0.5) is 0 Å². The number of carbonyl (C=O) groups excluding carboxylic acids is 1. The lowest BCUT2D eigenvalue weighted by atomic mass is 10.1. The van der Waals surface area contributed by atoms with E-state index in [9.17, 15) is 9.59 Å². The minimum absolute atomic E-state index is 0.0989. The summed E-state index contributed by atoms with van der Waals surface area (Å²) in [6.45, 7) is 1.82. The second-order valence-corrected chi connectivity index (χ2v) is 5.62. The van der Waals surface area contributed by atoms with Crippen LogP contribution in [0.25, 0.3) is 11.0 Å². The molecule has 1 atom stereocenters. The van der Waals surface area contributed by atoms with Crippen molar-refractivity contribution in [3.8, 4) is 0 Å². The fraction of sp³-hybridized carbons (Fsp3) is 0.308. The van der Waals surface area contributed by atoms with E-state index in [0.29, 0.717) is 17.3 Å². The Labute approximate surface area is 130 Å². The number of nitrogens with one attached hydrogen (secondary N) is 1. The second-order valence-electron chi connectivity index (χ2n) is 4.39. The van der Waals surface area contributed by atoms with E-state index < -0.39 is 5.97 Å². The standard InChI is InChI=1S/C13H14ClN3O3S/c1-2-8(7-11(19)20)15-10(18)4-3-9-12(14)16-13-17(9)5-6-21-13/h3-6,8H,2,7H2,1H3,(H,15,18)(H,19,20)/b4-3+. The molecule has 2 rings (SSSR count). The van der Waals surface area contributed by atoms with Gasteiger partial charge in [0.25, 0.3) is 0 Å². The predicted molar refractivity (Wildman–Crippen MR) is 81.6 cm³/mol. The molecule has 0 aromatic carbocycles. The summed E-state index contributed by atoms with van der Waals surface area (Å²) in [5.41, 5.74) is 0.620. The molecule has 0 saturated carbocycles. The van der Waals surface area contributed by atoms with E-state index >= 15 is 0 Å². The van der Waals surface area contributed by atoms with Gasteiger partial charge in [0.15, 0.2) is 10.1 Å². The van der Waals surface area contributed by atoms with Gasteiger partial charge in [-0.15, -0.1) is 11.3 Å². The third-order valence-corrected chi connectivity index (χ3v) is 3.94. The van der Waals surface area contributed by atoms with Crippen LogP contribution in [0.15, 0.2) is 17.7 Å². The average Bonchev–Trinajstić information content (AvgIpc) is 2.96. The first-order valence-corrected chi connectivity index (χ1v) is 7.58. The van der Waals surface area contributed by atoms with Gasteiger partial charge in [-0.2, -0.15) is 0 Å². The van der Waals surface area contributed by atoms with Crippen LogP contribution >= 0.6 is 22.9 Å². The zero-order chi connectivity index (χ0) is 15.4. The normalized spacial score (nSPS) is 12.9. The minimum atomic E-state index is -0.940. The third kappa shape index (κ3) is 3.83. The molecule has 6 nitrogen and oxygen atoms in total. The lowest BCUT2D eigenvalue weighted by Crippen LogP contribution is -2.34. The number of thiazole rings is 1. The van der Waals surface area contributed by atoms with Crippen molar-refractivity contribution in [3.05, 3.63) is 28.5 Å². The van der Waals surface area contributed by atoms with Crippen LogP contribution in [0.1, 0.15) is 25.5 Å². The van der Waals surface area contributed by atoms with Crippen molar-refractivity contribution >= 4 is 45.9 Å². The van der Waals surface area contributed by atoms with E-state index in [1.807, 2.05) is 18.5 Å². The number of hydrogen-bond donors (Lipinski definition) is 2. The molecule has 0 aliphatic carbocycles. The van der Waals surface area contributed by atoms with Crippen LogP contribution < -0.4 is 5.32 Å². The van der Waals surface area contributed by atoms with Crippen LogP contribution in [0.2, 0.25) is 5.15 Å². The number of fused-ring (bicyclic) bond motifs is 1. The molecular formula is C13H14ClN3O3S. The number of imidazole rings is 1. The molecule has 0 radical (unpaired) electrons. The highest BCUT2D eigenvalue weighted by Gasteiger charge is 2.13. The zero-order valence-corrected chi connectivity index (χ0v) is 12.8. The number of amides is 1. The van der Waals surface area contributed by atoms with E-state index in [-0.39, 0.29) is 18.4 Å². The first-order chi connectivity index (χ1) is 10.0. The maximum Gasteiger partial charge on any atom is 0.305 e. The molecule has 0 aliphatic rings. The van der Waals surface area contributed by atoms with Crippen LogP contribution in [0.3, 0.4) is 0 Å². The van der Waals surface area contributed by atoms with Crippen molar-refractivity contribution in [2.45, 2.75) is 25.8 Å². The molecule has 1 amide bonds. The van der Waals surface area contributed by atoms with E-state index in [4.69, 9.17) is 16.7 Å². The Morgan fingerprint density at radius 2 is 2.38 bits per heavy atom. The fourth-order valence-electron chi connectivity index (χ4n) is 1.84.